The van der Waals surface area contributed by atoms with E-state index in [9.17, 15) is 9.59 Å². The first-order valence-corrected chi connectivity index (χ1v) is 16.8. The van der Waals surface area contributed by atoms with Crippen molar-refractivity contribution in [2.45, 2.75) is 110 Å². The highest BCUT2D eigenvalue weighted by molar-refractivity contribution is 6.74. The molecule has 0 spiro atoms. The number of ketones is 1. The van der Waals surface area contributed by atoms with Gasteiger partial charge in [0, 0.05) is 18.9 Å². The van der Waals surface area contributed by atoms with Crippen LogP contribution >= 0.6 is 0 Å². The summed E-state index contributed by atoms with van der Waals surface area (Å²) in [5, 5.41) is 0.170. The molecule has 0 aliphatic heterocycles. The summed E-state index contributed by atoms with van der Waals surface area (Å²) in [7, 11) is -0.512. The minimum Gasteiger partial charge on any atom is -0.467 e. The lowest BCUT2D eigenvalue weighted by Crippen LogP contribution is -2.45. The maximum Gasteiger partial charge on any atom is 0.331 e. The first-order chi connectivity index (χ1) is 16.4. The number of carbonyl (C=O) groups is 2. The van der Waals surface area contributed by atoms with E-state index >= 15 is 0 Å². The average molecular weight is 511 g/mol. The average Bonchev–Trinajstić information content (AvgIpc) is 3.29. The standard InChI is InChI=1S/C29H52O5Si/c1-9-10-11-21(2)16-24(30)12-13-25-26-18-22(14-15-33-20-28(31)32-6)17-23(26)19-27(25)34-35(7,8)29(3,4)5/h12-13,21-23,25-27H,9-11,14-20H2,1-8H3/b13-12+/t21-,22+,23-,25+,26-,27+/m0/s1/i24+2. The zero-order chi connectivity index (χ0) is 26.2. The Morgan fingerprint density at radius 1 is 1.20 bits per heavy atom. The van der Waals surface area contributed by atoms with E-state index in [1.165, 1.54) is 26.4 Å². The van der Waals surface area contributed by atoms with Crippen LogP contribution in [0.25, 0.3) is 0 Å². The molecule has 0 amide bonds. The number of ether oxygens (including phenoxy) is 2. The number of fused-ring (bicyclic) bond motifs is 1. The van der Waals surface area contributed by atoms with Gasteiger partial charge < -0.3 is 13.9 Å². The molecule has 0 saturated heterocycles. The van der Waals surface area contributed by atoms with Gasteiger partial charge in [0.25, 0.3) is 0 Å². The first kappa shape index (κ1) is 30.2. The molecule has 202 valence electrons. The highest BCUT2D eigenvalue weighted by Gasteiger charge is 2.50. The minimum atomic E-state index is -1.90. The molecule has 2 saturated carbocycles. The highest BCUT2D eigenvalue weighted by Crippen LogP contribution is 2.53. The molecule has 0 bridgehead atoms. The van der Waals surface area contributed by atoms with Crippen molar-refractivity contribution in [1.82, 2.24) is 0 Å². The van der Waals surface area contributed by atoms with Crippen LogP contribution in [0.1, 0.15) is 86.0 Å². The maximum absolute atomic E-state index is 12.8. The predicted molar refractivity (Wildman–Crippen MR) is 145 cm³/mol. The molecule has 6 atom stereocenters. The summed E-state index contributed by atoms with van der Waals surface area (Å²) in [5.74, 6) is 2.51. The molecule has 0 aromatic heterocycles. The van der Waals surface area contributed by atoms with Crippen molar-refractivity contribution in [2.24, 2.45) is 29.6 Å². The molecular weight excluding hydrogens is 458 g/mol. The van der Waals surface area contributed by atoms with E-state index in [1.807, 2.05) is 6.08 Å². The molecule has 0 aromatic rings. The first-order valence-electron chi connectivity index (χ1n) is 13.9. The van der Waals surface area contributed by atoms with E-state index in [4.69, 9.17) is 9.16 Å². The Morgan fingerprint density at radius 2 is 1.91 bits per heavy atom. The van der Waals surface area contributed by atoms with Gasteiger partial charge in [-0.2, -0.15) is 0 Å². The third-order valence-corrected chi connectivity index (χ3v) is 13.3. The van der Waals surface area contributed by atoms with E-state index in [1.54, 1.807) is 0 Å². The van der Waals surface area contributed by atoms with Crippen LogP contribution in [0.4, 0.5) is 0 Å². The lowest BCUT2D eigenvalue weighted by molar-refractivity contribution is -0.146. The number of allylic oxidation sites excluding steroid dienone is 1. The van der Waals surface area contributed by atoms with Gasteiger partial charge in [0.1, 0.15) is 6.61 Å². The van der Waals surface area contributed by atoms with Crippen molar-refractivity contribution in [3.8, 4) is 0 Å². The topological polar surface area (TPSA) is 61.8 Å². The molecule has 0 radical (unpaired) electrons. The number of rotatable bonds is 14. The fourth-order valence-corrected chi connectivity index (χ4v) is 7.05. The van der Waals surface area contributed by atoms with Gasteiger partial charge in [-0.1, -0.05) is 60.0 Å². The number of carbonyl (C=O) groups excluding carboxylic acids is 2. The number of unbranched alkanes of at least 4 members (excludes halogenated alkanes) is 1. The van der Waals surface area contributed by atoms with Crippen LogP contribution in [0.5, 0.6) is 0 Å². The van der Waals surface area contributed by atoms with Crippen LogP contribution < -0.4 is 0 Å². The molecule has 0 N–H and O–H groups in total. The normalized spacial score (nSPS) is 27.8. The number of esters is 1. The van der Waals surface area contributed by atoms with Gasteiger partial charge in [0.2, 0.25) is 0 Å². The maximum atomic E-state index is 12.8. The zero-order valence-electron chi connectivity index (χ0n) is 23.7. The summed E-state index contributed by atoms with van der Waals surface area (Å²) in [6.07, 6.45) is 12.9. The molecule has 2 aliphatic carbocycles. The second-order valence-electron chi connectivity index (χ2n) is 12.7. The van der Waals surface area contributed by atoms with Gasteiger partial charge in [-0.15, -0.1) is 0 Å². The largest absolute Gasteiger partial charge is 0.467 e. The van der Waals surface area contributed by atoms with Crippen molar-refractivity contribution in [3.63, 3.8) is 0 Å². The lowest BCUT2D eigenvalue weighted by atomic mass is 9.90. The number of hydrogen-bond donors (Lipinski definition) is 0. The van der Waals surface area contributed by atoms with Crippen molar-refractivity contribution < 1.29 is 23.5 Å². The SMILES string of the molecule is CCCC[C@H](C)C[14C](=O)/C=C/[C@@H]1[C@H]2C[C@H](CCOCC(=O)OC)C[C@H]2C[C@H]1O[Si](C)(C)C(C)(C)C. The molecule has 5 nitrogen and oxygen atoms in total. The van der Waals surface area contributed by atoms with E-state index in [0.717, 1.165) is 25.7 Å². The number of hydrogen-bond acceptors (Lipinski definition) is 5. The highest BCUT2D eigenvalue weighted by atomic mass is 28.4. The molecule has 0 unspecified atom stereocenters. The summed E-state index contributed by atoms with van der Waals surface area (Å²) in [6, 6.07) is 0. The minimum absolute atomic E-state index is 0.0304. The Morgan fingerprint density at radius 3 is 2.54 bits per heavy atom. The Balaban J connectivity index is 2.03. The van der Waals surface area contributed by atoms with Gasteiger partial charge in [-0.25, -0.2) is 4.79 Å². The smallest absolute Gasteiger partial charge is 0.331 e. The summed E-state index contributed by atoms with van der Waals surface area (Å²) in [4.78, 5) is 24.0. The van der Waals surface area contributed by atoms with E-state index in [2.05, 4.69) is 58.5 Å². The molecule has 2 rings (SSSR count). The Kier molecular flexibility index (Phi) is 11.7. The second kappa shape index (κ2) is 13.5. The van der Waals surface area contributed by atoms with Crippen LogP contribution in [0.3, 0.4) is 0 Å². The van der Waals surface area contributed by atoms with Crippen molar-refractivity contribution >= 4 is 20.1 Å². The van der Waals surface area contributed by atoms with Crippen LogP contribution in [0.15, 0.2) is 12.2 Å². The van der Waals surface area contributed by atoms with Crippen LogP contribution in [-0.4, -0.2) is 46.5 Å². The summed E-state index contributed by atoms with van der Waals surface area (Å²) < 4.78 is 17.1. The molecule has 0 heterocycles. The monoisotopic (exact) mass is 510 g/mol. The third-order valence-electron chi connectivity index (χ3n) is 8.78. The fraction of sp³-hybridized carbons (Fsp3) is 0.862. The molecule has 2 aliphatic rings. The van der Waals surface area contributed by atoms with Crippen molar-refractivity contribution in [1.29, 1.82) is 0 Å². The summed E-state index contributed by atoms with van der Waals surface area (Å²) in [6.45, 7) is 16.6. The van der Waals surface area contributed by atoms with Gasteiger partial charge >= 0.3 is 5.97 Å². The van der Waals surface area contributed by atoms with Crippen molar-refractivity contribution in [3.05, 3.63) is 12.2 Å². The molecule has 0 aromatic carbocycles. The molecule has 35 heavy (non-hydrogen) atoms. The van der Waals surface area contributed by atoms with E-state index in [-0.39, 0.29) is 29.5 Å². The zero-order valence-corrected chi connectivity index (χ0v) is 24.7. The summed E-state index contributed by atoms with van der Waals surface area (Å²) in [5.41, 5.74) is 0. The van der Waals surface area contributed by atoms with Crippen LogP contribution in [0.2, 0.25) is 18.1 Å². The third kappa shape index (κ3) is 9.12. The predicted octanol–water partition coefficient (Wildman–Crippen LogP) is 6.96. The Labute approximate surface area is 215 Å². The molecule has 6 heteroatoms. The Hall–Kier alpha value is -0.983. The van der Waals surface area contributed by atoms with E-state index in [0.29, 0.717) is 42.6 Å². The van der Waals surface area contributed by atoms with Crippen LogP contribution in [0, 0.1) is 29.6 Å². The Bertz CT molecular complexity index is 710. The molecule has 2 fully saturated rings. The number of methoxy groups -OCH3 is 1. The quantitative estimate of drug-likeness (QED) is 0.109. The van der Waals surface area contributed by atoms with E-state index < -0.39 is 8.32 Å². The van der Waals surface area contributed by atoms with Crippen LogP contribution in [-0.2, 0) is 23.5 Å². The summed E-state index contributed by atoms with van der Waals surface area (Å²) >= 11 is 0. The van der Waals surface area contributed by atoms with Gasteiger partial charge in [-0.05, 0) is 73.6 Å². The van der Waals surface area contributed by atoms with Gasteiger partial charge in [0.05, 0.1) is 13.2 Å². The van der Waals surface area contributed by atoms with Gasteiger partial charge in [-0.3, -0.25) is 4.79 Å². The van der Waals surface area contributed by atoms with Crippen molar-refractivity contribution in [2.75, 3.05) is 20.3 Å². The fourth-order valence-electron chi connectivity index (χ4n) is 5.68. The lowest BCUT2D eigenvalue weighted by Gasteiger charge is -2.40. The second-order valence-corrected chi connectivity index (χ2v) is 17.4. The molecular formula is C29H52O5Si. The van der Waals surface area contributed by atoms with Gasteiger partial charge in [0.15, 0.2) is 14.1 Å².